The zero-order valence-electron chi connectivity index (χ0n) is 23.1. The number of alkyl halides is 2. The number of aryl methyl sites for hydroxylation is 2. The van der Waals surface area contributed by atoms with Crippen molar-refractivity contribution < 1.29 is 14.4 Å². The van der Waals surface area contributed by atoms with Gasteiger partial charge in [-0.15, -0.1) is 23.2 Å². The summed E-state index contributed by atoms with van der Waals surface area (Å²) in [7, 11) is 0. The Bertz CT molecular complexity index is 1640. The number of hydrogen-bond acceptors (Lipinski definition) is 3. The number of nitrogens with one attached hydrogen (secondary N) is 1. The van der Waals surface area contributed by atoms with Gasteiger partial charge in [-0.05, 0) is 64.9 Å². The number of imide groups is 1. The molecule has 0 radical (unpaired) electrons. The van der Waals surface area contributed by atoms with Crippen LogP contribution < -0.4 is 5.32 Å². The van der Waals surface area contributed by atoms with Crippen molar-refractivity contribution >= 4 is 46.6 Å². The molecule has 8 rings (SSSR count). The van der Waals surface area contributed by atoms with Crippen molar-refractivity contribution in [3.05, 3.63) is 136 Å². The summed E-state index contributed by atoms with van der Waals surface area (Å²) < 4.78 is 0. The van der Waals surface area contributed by atoms with Crippen LogP contribution in [0, 0.1) is 25.7 Å². The molecule has 0 saturated carbocycles. The van der Waals surface area contributed by atoms with Gasteiger partial charge in [-0.1, -0.05) is 84.9 Å². The highest BCUT2D eigenvalue weighted by molar-refractivity contribution is 6.36. The Morgan fingerprint density at radius 3 is 1.62 bits per heavy atom. The molecule has 1 heterocycles. The third-order valence-electron chi connectivity index (χ3n) is 8.99. The molecule has 0 unspecified atom stereocenters. The minimum absolute atomic E-state index is 0.152. The molecule has 0 aromatic heterocycles. The average Bonchev–Trinajstić information content (AvgIpc) is 3.25. The molecule has 0 spiro atoms. The minimum atomic E-state index is -1.31. The second-order valence-corrected chi connectivity index (χ2v) is 12.8. The van der Waals surface area contributed by atoms with E-state index in [-0.39, 0.29) is 6.42 Å². The molecule has 5 nitrogen and oxygen atoms in total. The zero-order valence-corrected chi connectivity index (χ0v) is 24.6. The third-order valence-corrected chi connectivity index (χ3v) is 10.3. The summed E-state index contributed by atoms with van der Waals surface area (Å²) in [6, 6.07) is 29.1. The normalized spacial score (nSPS) is 26.0. The van der Waals surface area contributed by atoms with E-state index < -0.39 is 45.3 Å². The first-order chi connectivity index (χ1) is 20.2. The molecule has 4 aromatic carbocycles. The third kappa shape index (κ3) is 3.66. The van der Waals surface area contributed by atoms with Crippen molar-refractivity contribution in [3.8, 4) is 0 Å². The van der Waals surface area contributed by atoms with Crippen molar-refractivity contribution in [3.63, 3.8) is 0 Å². The van der Waals surface area contributed by atoms with Gasteiger partial charge in [0.1, 0.15) is 15.8 Å². The van der Waals surface area contributed by atoms with E-state index in [0.717, 1.165) is 43.8 Å². The highest BCUT2D eigenvalue weighted by atomic mass is 35.5. The van der Waals surface area contributed by atoms with Crippen LogP contribution >= 0.6 is 23.2 Å². The van der Waals surface area contributed by atoms with E-state index >= 15 is 0 Å². The summed E-state index contributed by atoms with van der Waals surface area (Å²) in [5.41, 5.74) is 6.31. The van der Waals surface area contributed by atoms with Crippen LogP contribution in [0.1, 0.15) is 38.9 Å². The lowest BCUT2D eigenvalue weighted by Crippen LogP contribution is -2.57. The van der Waals surface area contributed by atoms with E-state index in [1.807, 2.05) is 111 Å². The molecule has 1 N–H and O–H groups in total. The van der Waals surface area contributed by atoms with Crippen LogP contribution in [0.5, 0.6) is 0 Å². The largest absolute Gasteiger partial charge is 0.324 e. The number of amides is 3. The fraction of sp³-hybridized carbons (Fsp3) is 0.229. The Balaban J connectivity index is 1.36. The van der Waals surface area contributed by atoms with Crippen LogP contribution in [-0.4, -0.2) is 28.7 Å². The number of hydrogen-bond donors (Lipinski definition) is 1. The maximum absolute atomic E-state index is 14.6. The lowest BCUT2D eigenvalue weighted by molar-refractivity contribution is -0.146. The van der Waals surface area contributed by atoms with E-state index in [1.165, 1.54) is 0 Å². The Kier molecular flexibility index (Phi) is 6.12. The van der Waals surface area contributed by atoms with Crippen LogP contribution in [-0.2, 0) is 30.6 Å². The number of likely N-dealkylation sites (tertiary alicyclic amines) is 1. The van der Waals surface area contributed by atoms with Crippen molar-refractivity contribution in [2.75, 3.05) is 5.32 Å². The number of carbonyl (C=O) groups excluding carboxylic acids is 3. The van der Waals surface area contributed by atoms with Crippen molar-refractivity contribution in [1.82, 2.24) is 4.90 Å². The molecule has 7 heteroatoms. The number of halogens is 2. The average molecular weight is 596 g/mol. The van der Waals surface area contributed by atoms with Crippen molar-refractivity contribution in [2.45, 2.75) is 36.1 Å². The number of anilines is 1. The molecule has 1 saturated heterocycles. The van der Waals surface area contributed by atoms with Gasteiger partial charge in [-0.25, -0.2) is 0 Å². The molecule has 1 aliphatic heterocycles. The number of carbonyl (C=O) groups is 3. The maximum atomic E-state index is 14.6. The molecule has 210 valence electrons. The van der Waals surface area contributed by atoms with Gasteiger partial charge < -0.3 is 5.32 Å². The van der Waals surface area contributed by atoms with Gasteiger partial charge in [-0.2, -0.15) is 0 Å². The second-order valence-electron chi connectivity index (χ2n) is 11.6. The number of benzene rings is 4. The van der Waals surface area contributed by atoms with E-state index in [2.05, 4.69) is 5.32 Å². The van der Waals surface area contributed by atoms with Crippen molar-refractivity contribution in [2.24, 2.45) is 11.8 Å². The van der Waals surface area contributed by atoms with E-state index in [9.17, 15) is 14.4 Å². The first-order valence-electron chi connectivity index (χ1n) is 14.0. The lowest BCUT2D eigenvalue weighted by Gasteiger charge is -2.54. The van der Waals surface area contributed by atoms with Crippen LogP contribution in [0.15, 0.2) is 97.1 Å². The Morgan fingerprint density at radius 2 is 1.17 bits per heavy atom. The van der Waals surface area contributed by atoms with Gasteiger partial charge in [0.15, 0.2) is 0 Å². The lowest BCUT2D eigenvalue weighted by atomic mass is 9.54. The Hall–Kier alpha value is -3.93. The fourth-order valence-electron chi connectivity index (χ4n) is 7.41. The first-order valence-corrected chi connectivity index (χ1v) is 14.8. The monoisotopic (exact) mass is 594 g/mol. The molecule has 42 heavy (non-hydrogen) atoms. The quantitative estimate of drug-likeness (QED) is 0.213. The SMILES string of the molecule is Cc1cc(C)cc(NC(=O)[C@@H](Cc2ccccc2)N2C(=O)[C@@H]3[C@H](C2=O)C2(Cl)c4ccccc4C3(Cl)c3ccccc32)c1. The molecule has 3 aliphatic carbocycles. The minimum Gasteiger partial charge on any atom is -0.324 e. The predicted molar refractivity (Wildman–Crippen MR) is 163 cm³/mol. The summed E-state index contributed by atoms with van der Waals surface area (Å²) in [5, 5.41) is 2.98. The molecule has 4 aromatic rings. The van der Waals surface area contributed by atoms with Gasteiger partial charge in [0.25, 0.3) is 0 Å². The van der Waals surface area contributed by atoms with E-state index in [4.69, 9.17) is 23.2 Å². The second kappa shape index (κ2) is 9.55. The number of nitrogens with zero attached hydrogens (tertiary/aromatic N) is 1. The van der Waals surface area contributed by atoms with Crippen LogP contribution in [0.3, 0.4) is 0 Å². The first kappa shape index (κ1) is 26.9. The topological polar surface area (TPSA) is 66.5 Å². The zero-order chi connectivity index (χ0) is 29.4. The molecular formula is C35H28Cl2N2O3. The van der Waals surface area contributed by atoms with Gasteiger partial charge in [0.05, 0.1) is 11.8 Å². The summed E-state index contributed by atoms with van der Waals surface area (Å²) >= 11 is 15.2. The van der Waals surface area contributed by atoms with Gasteiger partial charge in [-0.3, -0.25) is 19.3 Å². The predicted octanol–water partition coefficient (Wildman–Crippen LogP) is 6.45. The van der Waals surface area contributed by atoms with E-state index in [0.29, 0.717) is 5.69 Å². The Morgan fingerprint density at radius 1 is 0.738 bits per heavy atom. The van der Waals surface area contributed by atoms with Crippen molar-refractivity contribution in [1.29, 1.82) is 0 Å². The van der Waals surface area contributed by atoms with Crippen LogP contribution in [0.25, 0.3) is 0 Å². The molecule has 4 aliphatic rings. The highest BCUT2D eigenvalue weighted by Crippen LogP contribution is 2.69. The van der Waals surface area contributed by atoms with Crippen LogP contribution in [0.2, 0.25) is 0 Å². The fourth-order valence-corrected chi connectivity index (χ4v) is 8.50. The van der Waals surface area contributed by atoms with Gasteiger partial charge >= 0.3 is 0 Å². The standard InChI is InChI=1S/C35H28Cl2N2O3/c1-20-16-21(2)18-23(17-20)38-31(40)28(19-22-10-4-3-5-11-22)39-32(41)29-30(33(39)42)35(37)25-13-7-6-12-24(25)34(29,36)26-14-8-9-15-27(26)35/h3-18,28-30H,19H2,1-2H3,(H,38,40)/t28-,29-,30+,34?,35?/m1/s1. The summed E-state index contributed by atoms with van der Waals surface area (Å²) in [4.78, 5) is 41.8. The van der Waals surface area contributed by atoms with Gasteiger partial charge in [0.2, 0.25) is 17.7 Å². The van der Waals surface area contributed by atoms with Gasteiger partial charge in [0, 0.05) is 12.1 Å². The summed E-state index contributed by atoms with van der Waals surface area (Å²) in [6.45, 7) is 3.90. The summed E-state index contributed by atoms with van der Waals surface area (Å²) in [5.74, 6) is -3.35. The highest BCUT2D eigenvalue weighted by Gasteiger charge is 2.73. The van der Waals surface area contributed by atoms with E-state index in [1.54, 1.807) is 0 Å². The molecular weight excluding hydrogens is 567 g/mol. The Labute approximate surface area is 254 Å². The summed E-state index contributed by atoms with van der Waals surface area (Å²) in [6.07, 6.45) is 0.152. The maximum Gasteiger partial charge on any atom is 0.248 e. The smallest absolute Gasteiger partial charge is 0.248 e. The molecule has 1 fully saturated rings. The molecule has 3 amide bonds. The van der Waals surface area contributed by atoms with Crippen LogP contribution in [0.4, 0.5) is 5.69 Å². The number of rotatable bonds is 5. The molecule has 2 bridgehead atoms. The molecule has 3 atom stereocenters.